The summed E-state index contributed by atoms with van der Waals surface area (Å²) in [6.07, 6.45) is 0.793. The quantitative estimate of drug-likeness (QED) is 0.844. The molecule has 5 heteroatoms. The van der Waals surface area contributed by atoms with Gasteiger partial charge in [-0.05, 0) is 30.0 Å². The number of amides is 1. The van der Waals surface area contributed by atoms with Gasteiger partial charge in [0.05, 0.1) is 12.5 Å². The van der Waals surface area contributed by atoms with Gasteiger partial charge in [-0.25, -0.2) is 4.39 Å². The Balaban J connectivity index is 2.59. The summed E-state index contributed by atoms with van der Waals surface area (Å²) in [4.78, 5) is 11.9. The number of carbonyl (C=O) groups is 1. The standard InChI is InChI=1S/C15H21ClFNO2/c1-15(2,3)8-11(16)9-18-14(19)10-5-6-12(17)13(7-10)20-4/h5-7,11H,8-9H2,1-4H3,(H,18,19). The van der Waals surface area contributed by atoms with Crippen LogP contribution in [0.2, 0.25) is 0 Å². The van der Waals surface area contributed by atoms with Crippen LogP contribution in [0.25, 0.3) is 0 Å². The van der Waals surface area contributed by atoms with Crippen LogP contribution >= 0.6 is 11.6 Å². The van der Waals surface area contributed by atoms with Gasteiger partial charge in [0.2, 0.25) is 0 Å². The molecule has 0 saturated heterocycles. The second kappa shape index (κ2) is 6.93. The largest absolute Gasteiger partial charge is 0.494 e. The molecule has 1 amide bonds. The predicted octanol–water partition coefficient (Wildman–Crippen LogP) is 3.61. The Bertz CT molecular complexity index is 471. The fourth-order valence-corrected chi connectivity index (χ4v) is 2.38. The maximum atomic E-state index is 13.3. The van der Waals surface area contributed by atoms with Crippen LogP contribution in [0.4, 0.5) is 4.39 Å². The highest BCUT2D eigenvalue weighted by atomic mass is 35.5. The van der Waals surface area contributed by atoms with E-state index in [4.69, 9.17) is 16.3 Å². The second-order valence-electron chi connectivity index (χ2n) is 5.92. The van der Waals surface area contributed by atoms with Crippen molar-refractivity contribution in [3.8, 4) is 5.75 Å². The Hall–Kier alpha value is -1.29. The summed E-state index contributed by atoms with van der Waals surface area (Å²) in [7, 11) is 1.36. The van der Waals surface area contributed by atoms with Crippen LogP contribution in [0.5, 0.6) is 5.75 Å². The van der Waals surface area contributed by atoms with Crippen LogP contribution in [0.1, 0.15) is 37.6 Å². The molecule has 1 rings (SSSR count). The number of halogens is 2. The monoisotopic (exact) mass is 301 g/mol. The molecule has 0 heterocycles. The molecule has 1 aromatic carbocycles. The van der Waals surface area contributed by atoms with Crippen LogP contribution in [0.3, 0.4) is 0 Å². The minimum atomic E-state index is -0.494. The fraction of sp³-hybridized carbons (Fsp3) is 0.533. The molecule has 0 aliphatic rings. The summed E-state index contributed by atoms with van der Waals surface area (Å²) in [5.74, 6) is -0.732. The topological polar surface area (TPSA) is 38.3 Å². The van der Waals surface area contributed by atoms with Gasteiger partial charge in [-0.3, -0.25) is 4.79 Å². The van der Waals surface area contributed by atoms with E-state index in [2.05, 4.69) is 26.1 Å². The van der Waals surface area contributed by atoms with Gasteiger partial charge in [-0.2, -0.15) is 0 Å². The zero-order valence-electron chi connectivity index (χ0n) is 12.3. The van der Waals surface area contributed by atoms with Crippen LogP contribution in [-0.4, -0.2) is 24.9 Å². The van der Waals surface area contributed by atoms with Crippen molar-refractivity contribution in [1.29, 1.82) is 0 Å². The molecular formula is C15H21ClFNO2. The predicted molar refractivity (Wildman–Crippen MR) is 79.0 cm³/mol. The fourth-order valence-electron chi connectivity index (χ4n) is 1.84. The molecule has 0 spiro atoms. The van der Waals surface area contributed by atoms with Gasteiger partial charge in [-0.15, -0.1) is 11.6 Å². The highest BCUT2D eigenvalue weighted by Crippen LogP contribution is 2.23. The highest BCUT2D eigenvalue weighted by molar-refractivity contribution is 6.21. The van der Waals surface area contributed by atoms with Gasteiger partial charge in [0.1, 0.15) is 0 Å². The van der Waals surface area contributed by atoms with Crippen LogP contribution < -0.4 is 10.1 Å². The maximum absolute atomic E-state index is 13.3. The molecule has 0 aliphatic carbocycles. The third-order valence-corrected chi connectivity index (χ3v) is 3.04. The van der Waals surface area contributed by atoms with Crippen molar-refractivity contribution in [2.75, 3.05) is 13.7 Å². The lowest BCUT2D eigenvalue weighted by Gasteiger charge is -2.22. The van der Waals surface area contributed by atoms with Crippen LogP contribution in [-0.2, 0) is 0 Å². The number of alkyl halides is 1. The number of benzene rings is 1. The average molecular weight is 302 g/mol. The van der Waals surface area contributed by atoms with Crippen molar-refractivity contribution < 1.29 is 13.9 Å². The summed E-state index contributed by atoms with van der Waals surface area (Å²) in [5.41, 5.74) is 0.457. The summed E-state index contributed by atoms with van der Waals surface area (Å²) < 4.78 is 18.1. The van der Waals surface area contributed by atoms with Crippen molar-refractivity contribution in [3.63, 3.8) is 0 Å². The lowest BCUT2D eigenvalue weighted by Crippen LogP contribution is -2.31. The Kier molecular flexibility index (Phi) is 5.81. The molecular weight excluding hydrogens is 281 g/mol. The molecule has 1 aromatic rings. The van der Waals surface area contributed by atoms with Crippen molar-refractivity contribution >= 4 is 17.5 Å². The van der Waals surface area contributed by atoms with E-state index < -0.39 is 5.82 Å². The van der Waals surface area contributed by atoms with Crippen molar-refractivity contribution in [1.82, 2.24) is 5.32 Å². The molecule has 1 atom stereocenters. The first-order valence-corrected chi connectivity index (χ1v) is 6.92. The van der Waals surface area contributed by atoms with Gasteiger partial charge in [0.15, 0.2) is 11.6 Å². The van der Waals surface area contributed by atoms with Crippen LogP contribution in [0, 0.1) is 11.2 Å². The molecule has 0 saturated carbocycles. The molecule has 20 heavy (non-hydrogen) atoms. The second-order valence-corrected chi connectivity index (χ2v) is 6.54. The van der Waals surface area contributed by atoms with Crippen molar-refractivity contribution in [2.45, 2.75) is 32.6 Å². The molecule has 1 unspecified atom stereocenters. The molecule has 3 nitrogen and oxygen atoms in total. The third kappa shape index (κ3) is 5.37. The lowest BCUT2D eigenvalue weighted by atomic mass is 9.90. The number of hydrogen-bond acceptors (Lipinski definition) is 2. The summed E-state index contributed by atoms with van der Waals surface area (Å²) in [6.45, 7) is 6.65. The van der Waals surface area contributed by atoms with Crippen molar-refractivity contribution in [3.05, 3.63) is 29.6 Å². The SMILES string of the molecule is COc1cc(C(=O)NCC(Cl)CC(C)(C)C)ccc1F. The van der Waals surface area contributed by atoms with Crippen molar-refractivity contribution in [2.24, 2.45) is 5.41 Å². The number of carbonyl (C=O) groups excluding carboxylic acids is 1. The zero-order chi connectivity index (χ0) is 15.3. The van der Waals surface area contributed by atoms with E-state index in [9.17, 15) is 9.18 Å². The van der Waals surface area contributed by atoms with E-state index >= 15 is 0 Å². The van der Waals surface area contributed by atoms with Gasteiger partial charge >= 0.3 is 0 Å². The summed E-state index contributed by atoms with van der Waals surface area (Å²) >= 11 is 6.18. The molecule has 0 fully saturated rings. The third-order valence-electron chi connectivity index (χ3n) is 2.73. The Morgan fingerprint density at radius 3 is 2.65 bits per heavy atom. The Morgan fingerprint density at radius 2 is 2.10 bits per heavy atom. The molecule has 0 bridgehead atoms. The average Bonchev–Trinajstić information content (AvgIpc) is 2.34. The summed E-state index contributed by atoms with van der Waals surface area (Å²) in [5, 5.41) is 2.61. The zero-order valence-corrected chi connectivity index (χ0v) is 13.1. The molecule has 1 N–H and O–H groups in total. The van der Waals surface area contributed by atoms with E-state index in [1.807, 2.05) is 0 Å². The molecule has 0 aromatic heterocycles. The number of methoxy groups -OCH3 is 1. The number of rotatable bonds is 5. The minimum Gasteiger partial charge on any atom is -0.494 e. The summed E-state index contributed by atoms with van der Waals surface area (Å²) in [6, 6.07) is 4.00. The van der Waals surface area contributed by atoms with Crippen LogP contribution in [0.15, 0.2) is 18.2 Å². The number of hydrogen-bond donors (Lipinski definition) is 1. The van der Waals surface area contributed by atoms with E-state index in [1.54, 1.807) is 0 Å². The molecule has 0 aliphatic heterocycles. The highest BCUT2D eigenvalue weighted by Gasteiger charge is 2.18. The first-order chi connectivity index (χ1) is 9.23. The Labute approximate surface area is 124 Å². The van der Waals surface area contributed by atoms with E-state index in [0.29, 0.717) is 12.1 Å². The van der Waals surface area contributed by atoms with Gasteiger partial charge in [0, 0.05) is 12.1 Å². The van der Waals surface area contributed by atoms with E-state index in [-0.39, 0.29) is 22.4 Å². The normalized spacial score (nSPS) is 12.9. The first-order valence-electron chi connectivity index (χ1n) is 6.49. The van der Waals surface area contributed by atoms with E-state index in [0.717, 1.165) is 6.42 Å². The molecule has 112 valence electrons. The van der Waals surface area contributed by atoms with Gasteiger partial charge < -0.3 is 10.1 Å². The van der Waals surface area contributed by atoms with Gasteiger partial charge in [0.25, 0.3) is 5.91 Å². The smallest absolute Gasteiger partial charge is 0.251 e. The minimum absolute atomic E-state index is 0.0507. The first kappa shape index (κ1) is 16.8. The lowest BCUT2D eigenvalue weighted by molar-refractivity contribution is 0.0951. The Morgan fingerprint density at radius 1 is 1.45 bits per heavy atom. The molecule has 0 radical (unpaired) electrons. The maximum Gasteiger partial charge on any atom is 0.251 e. The number of ether oxygens (including phenoxy) is 1. The number of nitrogens with one attached hydrogen (secondary N) is 1. The van der Waals surface area contributed by atoms with E-state index in [1.165, 1.54) is 25.3 Å². The van der Waals surface area contributed by atoms with Gasteiger partial charge in [-0.1, -0.05) is 20.8 Å².